The summed E-state index contributed by atoms with van der Waals surface area (Å²) in [5.74, 6) is -1.43. The maximum Gasteiger partial charge on any atom is 0.162 e. The van der Waals surface area contributed by atoms with Crippen LogP contribution >= 0.6 is 0 Å². The molecular formula is C26H26F2. The summed E-state index contributed by atoms with van der Waals surface area (Å²) in [7, 11) is 0. The molecule has 0 bridgehead atoms. The van der Waals surface area contributed by atoms with Gasteiger partial charge in [-0.25, -0.2) is 8.78 Å². The molecule has 4 rings (SSSR count). The predicted octanol–water partition coefficient (Wildman–Crippen LogP) is 7.20. The fraction of sp³-hybridized carbons (Fsp3) is 0.308. The van der Waals surface area contributed by atoms with Gasteiger partial charge >= 0.3 is 0 Å². The minimum Gasteiger partial charge on any atom is -0.204 e. The topological polar surface area (TPSA) is 0 Å². The third-order valence-corrected chi connectivity index (χ3v) is 6.18. The van der Waals surface area contributed by atoms with Crippen molar-refractivity contribution in [3.8, 4) is 0 Å². The lowest BCUT2D eigenvalue weighted by Crippen LogP contribution is -2.29. The molecule has 0 aliphatic heterocycles. The van der Waals surface area contributed by atoms with E-state index in [0.717, 1.165) is 50.5 Å². The van der Waals surface area contributed by atoms with E-state index in [9.17, 15) is 8.78 Å². The molecule has 0 atom stereocenters. The van der Waals surface area contributed by atoms with Gasteiger partial charge in [0.15, 0.2) is 11.6 Å². The van der Waals surface area contributed by atoms with E-state index in [0.29, 0.717) is 5.56 Å². The molecule has 0 unspecified atom stereocenters. The SMILES string of the molecule is Fc1cccc(C2(c3ccc(Cc4ccccc4)cc3)CCCCCC2)c1F. The highest BCUT2D eigenvalue weighted by Crippen LogP contribution is 2.45. The maximum atomic E-state index is 14.8. The summed E-state index contributed by atoms with van der Waals surface area (Å²) >= 11 is 0. The lowest BCUT2D eigenvalue weighted by molar-refractivity contribution is 0.406. The van der Waals surface area contributed by atoms with Crippen molar-refractivity contribution >= 4 is 0 Å². The molecule has 3 aromatic carbocycles. The lowest BCUT2D eigenvalue weighted by atomic mass is 9.69. The number of hydrogen-bond acceptors (Lipinski definition) is 0. The highest BCUT2D eigenvalue weighted by atomic mass is 19.2. The minimum atomic E-state index is -0.748. The van der Waals surface area contributed by atoms with Crippen LogP contribution in [0.15, 0.2) is 72.8 Å². The molecule has 0 radical (unpaired) electrons. The monoisotopic (exact) mass is 376 g/mol. The van der Waals surface area contributed by atoms with Crippen LogP contribution in [0.5, 0.6) is 0 Å². The van der Waals surface area contributed by atoms with Gasteiger partial charge in [0.25, 0.3) is 0 Å². The normalized spacial score (nSPS) is 16.5. The molecule has 0 aromatic heterocycles. The van der Waals surface area contributed by atoms with E-state index in [1.54, 1.807) is 12.1 Å². The molecule has 1 aliphatic carbocycles. The highest BCUT2D eigenvalue weighted by molar-refractivity contribution is 5.42. The smallest absolute Gasteiger partial charge is 0.162 e. The Labute approximate surface area is 166 Å². The van der Waals surface area contributed by atoms with Crippen molar-refractivity contribution in [1.82, 2.24) is 0 Å². The van der Waals surface area contributed by atoms with E-state index in [1.807, 2.05) is 6.07 Å². The Morgan fingerprint density at radius 2 is 1.29 bits per heavy atom. The third-order valence-electron chi connectivity index (χ3n) is 6.18. The number of hydrogen-bond donors (Lipinski definition) is 0. The molecule has 0 saturated heterocycles. The summed E-state index contributed by atoms with van der Waals surface area (Å²) in [6, 6.07) is 23.6. The van der Waals surface area contributed by atoms with Gasteiger partial charge in [-0.05, 0) is 42.0 Å². The van der Waals surface area contributed by atoms with Gasteiger partial charge in [0, 0.05) is 11.0 Å². The molecule has 0 spiro atoms. The van der Waals surface area contributed by atoms with Crippen LogP contribution in [0.25, 0.3) is 0 Å². The quantitative estimate of drug-likeness (QED) is 0.423. The molecule has 1 aliphatic rings. The van der Waals surface area contributed by atoms with Crippen LogP contribution in [0.4, 0.5) is 8.78 Å². The van der Waals surface area contributed by atoms with Crippen molar-refractivity contribution in [2.45, 2.75) is 50.4 Å². The molecule has 0 N–H and O–H groups in total. The van der Waals surface area contributed by atoms with Gasteiger partial charge in [0.05, 0.1) is 0 Å². The molecule has 2 heteroatoms. The van der Waals surface area contributed by atoms with Gasteiger partial charge in [-0.15, -0.1) is 0 Å². The van der Waals surface area contributed by atoms with Crippen molar-refractivity contribution in [1.29, 1.82) is 0 Å². The van der Waals surface area contributed by atoms with Crippen LogP contribution in [0, 0.1) is 11.6 Å². The van der Waals surface area contributed by atoms with Gasteiger partial charge in [-0.2, -0.15) is 0 Å². The predicted molar refractivity (Wildman–Crippen MR) is 111 cm³/mol. The Bertz CT molecular complexity index is 905. The van der Waals surface area contributed by atoms with Gasteiger partial charge in [0.1, 0.15) is 0 Å². The summed E-state index contributed by atoms with van der Waals surface area (Å²) in [6.07, 6.45) is 7.01. The zero-order valence-corrected chi connectivity index (χ0v) is 16.1. The van der Waals surface area contributed by atoms with Gasteiger partial charge in [-0.1, -0.05) is 92.4 Å². The van der Waals surface area contributed by atoms with Gasteiger partial charge < -0.3 is 0 Å². The first-order valence-corrected chi connectivity index (χ1v) is 10.3. The van der Waals surface area contributed by atoms with E-state index < -0.39 is 17.0 Å². The Balaban J connectivity index is 1.72. The molecule has 0 nitrogen and oxygen atoms in total. The number of benzene rings is 3. The Morgan fingerprint density at radius 1 is 0.643 bits per heavy atom. The minimum absolute atomic E-state index is 0.437. The highest BCUT2D eigenvalue weighted by Gasteiger charge is 2.37. The first-order valence-electron chi connectivity index (χ1n) is 10.3. The molecule has 3 aromatic rings. The molecule has 1 saturated carbocycles. The van der Waals surface area contributed by atoms with Crippen LogP contribution in [-0.4, -0.2) is 0 Å². The summed E-state index contributed by atoms with van der Waals surface area (Å²) in [5.41, 5.74) is 3.70. The number of rotatable bonds is 4. The Kier molecular flexibility index (Phi) is 5.57. The molecule has 0 amide bonds. The second-order valence-corrected chi connectivity index (χ2v) is 7.96. The summed E-state index contributed by atoms with van der Waals surface area (Å²) < 4.78 is 28.9. The van der Waals surface area contributed by atoms with E-state index in [4.69, 9.17) is 0 Å². The van der Waals surface area contributed by atoms with Crippen LogP contribution in [0.1, 0.15) is 60.8 Å². The Hall–Kier alpha value is -2.48. The molecule has 28 heavy (non-hydrogen) atoms. The van der Waals surface area contributed by atoms with Gasteiger partial charge in [0.2, 0.25) is 0 Å². The largest absolute Gasteiger partial charge is 0.204 e. The molecular weight excluding hydrogens is 350 g/mol. The summed E-state index contributed by atoms with van der Waals surface area (Å²) in [6.45, 7) is 0. The average molecular weight is 376 g/mol. The molecule has 144 valence electrons. The second-order valence-electron chi connectivity index (χ2n) is 7.96. The zero-order valence-electron chi connectivity index (χ0n) is 16.1. The first-order chi connectivity index (χ1) is 13.7. The fourth-order valence-corrected chi connectivity index (χ4v) is 4.69. The van der Waals surface area contributed by atoms with Crippen LogP contribution in [0.3, 0.4) is 0 Å². The maximum absolute atomic E-state index is 14.8. The molecule has 1 fully saturated rings. The zero-order chi connectivity index (χ0) is 19.4. The van der Waals surface area contributed by atoms with Crippen molar-refractivity contribution in [2.24, 2.45) is 0 Å². The fourth-order valence-electron chi connectivity index (χ4n) is 4.69. The van der Waals surface area contributed by atoms with Crippen molar-refractivity contribution in [3.05, 3.63) is 107 Å². The van der Waals surface area contributed by atoms with Crippen LogP contribution in [-0.2, 0) is 11.8 Å². The molecule has 0 heterocycles. The third kappa shape index (κ3) is 3.73. The van der Waals surface area contributed by atoms with Gasteiger partial charge in [-0.3, -0.25) is 0 Å². The van der Waals surface area contributed by atoms with Crippen molar-refractivity contribution < 1.29 is 8.78 Å². The van der Waals surface area contributed by atoms with E-state index in [-0.39, 0.29) is 0 Å². The average Bonchev–Trinajstić information content (AvgIpc) is 2.98. The number of halogens is 2. The van der Waals surface area contributed by atoms with E-state index >= 15 is 0 Å². The van der Waals surface area contributed by atoms with E-state index in [2.05, 4.69) is 48.5 Å². The first kappa shape index (κ1) is 18.9. The standard InChI is InChI=1S/C26H26F2/c27-24-12-8-11-23(25(24)28)26(17-6-1-2-7-18-26)22-15-13-21(14-16-22)19-20-9-4-3-5-10-20/h3-5,8-16H,1-2,6-7,17-19H2. The van der Waals surface area contributed by atoms with E-state index in [1.165, 1.54) is 17.2 Å². The summed E-state index contributed by atoms with van der Waals surface area (Å²) in [5, 5.41) is 0. The van der Waals surface area contributed by atoms with Crippen LogP contribution < -0.4 is 0 Å². The van der Waals surface area contributed by atoms with Crippen LogP contribution in [0.2, 0.25) is 0 Å². The van der Waals surface area contributed by atoms with Crippen molar-refractivity contribution in [3.63, 3.8) is 0 Å². The lowest BCUT2D eigenvalue weighted by Gasteiger charge is -2.35. The second kappa shape index (κ2) is 8.26. The van der Waals surface area contributed by atoms with Crippen molar-refractivity contribution in [2.75, 3.05) is 0 Å². The summed E-state index contributed by atoms with van der Waals surface area (Å²) in [4.78, 5) is 0. The Morgan fingerprint density at radius 3 is 1.96 bits per heavy atom.